The van der Waals surface area contributed by atoms with Crippen LogP contribution in [0.25, 0.3) is 0 Å². The molecule has 3 unspecified atom stereocenters. The highest BCUT2D eigenvalue weighted by atomic mass is 16.5. The van der Waals surface area contributed by atoms with Crippen LogP contribution >= 0.6 is 0 Å². The Morgan fingerprint density at radius 1 is 1.32 bits per heavy atom. The molecule has 0 amide bonds. The van der Waals surface area contributed by atoms with Gasteiger partial charge in [0, 0.05) is 23.4 Å². The first kappa shape index (κ1) is 12.9. The van der Waals surface area contributed by atoms with Gasteiger partial charge in [-0.25, -0.2) is 0 Å². The Morgan fingerprint density at radius 2 is 2.16 bits per heavy atom. The van der Waals surface area contributed by atoms with Crippen LogP contribution in [0.4, 0.5) is 0 Å². The zero-order chi connectivity index (χ0) is 13.3. The van der Waals surface area contributed by atoms with Gasteiger partial charge < -0.3 is 15.6 Å². The highest BCUT2D eigenvalue weighted by Gasteiger charge is 2.42. The molecule has 3 rings (SSSR count). The van der Waals surface area contributed by atoms with Gasteiger partial charge in [0.1, 0.15) is 5.75 Å². The Hall–Kier alpha value is -1.06. The molecule has 3 heteroatoms. The molecule has 1 heterocycles. The second-order valence-corrected chi connectivity index (χ2v) is 6.08. The summed E-state index contributed by atoms with van der Waals surface area (Å²) in [5, 5.41) is 10.4. The van der Waals surface area contributed by atoms with Crippen molar-refractivity contribution in [2.45, 2.75) is 44.1 Å². The molecule has 1 aliphatic carbocycles. The Balaban J connectivity index is 1.81. The summed E-state index contributed by atoms with van der Waals surface area (Å²) in [4.78, 5) is 0. The van der Waals surface area contributed by atoms with E-state index in [2.05, 4.69) is 12.1 Å². The van der Waals surface area contributed by atoms with Gasteiger partial charge in [-0.05, 0) is 25.3 Å². The Kier molecular flexibility index (Phi) is 3.50. The first-order chi connectivity index (χ1) is 9.25. The quantitative estimate of drug-likeness (QED) is 0.878. The summed E-state index contributed by atoms with van der Waals surface area (Å²) in [7, 11) is 0. The van der Waals surface area contributed by atoms with E-state index in [9.17, 15) is 5.11 Å². The second kappa shape index (κ2) is 5.14. The van der Waals surface area contributed by atoms with Crippen molar-refractivity contribution in [2.75, 3.05) is 13.2 Å². The van der Waals surface area contributed by atoms with Crippen LogP contribution in [0.2, 0.25) is 0 Å². The average molecular weight is 261 g/mol. The summed E-state index contributed by atoms with van der Waals surface area (Å²) in [5.74, 6) is 1.39. The molecule has 104 valence electrons. The van der Waals surface area contributed by atoms with Crippen LogP contribution in [-0.2, 0) is 0 Å². The number of fused-ring (bicyclic) bond motifs is 1. The van der Waals surface area contributed by atoms with Crippen molar-refractivity contribution in [1.29, 1.82) is 0 Å². The fourth-order valence-electron chi connectivity index (χ4n) is 3.74. The van der Waals surface area contributed by atoms with Crippen LogP contribution in [0.1, 0.15) is 43.6 Å². The number of aliphatic hydroxyl groups excluding tert-OH is 1. The molecule has 1 fully saturated rings. The maximum Gasteiger partial charge on any atom is 0.122 e. The van der Waals surface area contributed by atoms with Crippen molar-refractivity contribution in [2.24, 2.45) is 11.1 Å². The first-order valence-electron chi connectivity index (χ1n) is 7.35. The molecular formula is C16H23NO2. The van der Waals surface area contributed by atoms with E-state index in [0.29, 0.717) is 12.5 Å². The average Bonchev–Trinajstić information content (AvgIpc) is 2.85. The maximum absolute atomic E-state index is 10.4. The number of hydrogen-bond donors (Lipinski definition) is 2. The standard InChI is InChI=1S/C16H23NO2/c17-11-16(8-4-3-7-15(16)18)9-12-10-19-14-6-2-1-5-13(12)14/h1-2,5-6,12,15,18H,3-4,7-11,17H2. The molecule has 1 aliphatic heterocycles. The molecular weight excluding hydrogens is 238 g/mol. The number of aliphatic hydroxyl groups is 1. The second-order valence-electron chi connectivity index (χ2n) is 6.08. The van der Waals surface area contributed by atoms with Gasteiger partial charge >= 0.3 is 0 Å². The monoisotopic (exact) mass is 261 g/mol. The van der Waals surface area contributed by atoms with Gasteiger partial charge in [-0.15, -0.1) is 0 Å². The summed E-state index contributed by atoms with van der Waals surface area (Å²) >= 11 is 0. The molecule has 0 saturated heterocycles. The lowest BCUT2D eigenvalue weighted by Crippen LogP contribution is -2.45. The predicted octanol–water partition coefficient (Wildman–Crippen LogP) is 2.43. The van der Waals surface area contributed by atoms with E-state index in [1.807, 2.05) is 12.1 Å². The van der Waals surface area contributed by atoms with Crippen LogP contribution in [0, 0.1) is 5.41 Å². The Bertz CT molecular complexity index is 448. The molecule has 0 aromatic heterocycles. The molecule has 1 aromatic rings. The SMILES string of the molecule is NCC1(CC2COc3ccccc32)CCCCC1O. The normalized spacial score (nSPS) is 33.8. The highest BCUT2D eigenvalue weighted by molar-refractivity contribution is 5.39. The van der Waals surface area contributed by atoms with E-state index in [1.165, 1.54) is 12.0 Å². The minimum Gasteiger partial charge on any atom is -0.493 e. The van der Waals surface area contributed by atoms with E-state index in [-0.39, 0.29) is 11.5 Å². The van der Waals surface area contributed by atoms with Crippen molar-refractivity contribution < 1.29 is 9.84 Å². The van der Waals surface area contributed by atoms with E-state index < -0.39 is 0 Å². The molecule has 2 aliphatic rings. The molecule has 3 N–H and O–H groups in total. The van der Waals surface area contributed by atoms with Gasteiger partial charge in [-0.2, -0.15) is 0 Å². The summed E-state index contributed by atoms with van der Waals surface area (Å²) < 4.78 is 5.75. The molecule has 19 heavy (non-hydrogen) atoms. The predicted molar refractivity (Wildman–Crippen MR) is 75.3 cm³/mol. The molecule has 0 radical (unpaired) electrons. The van der Waals surface area contributed by atoms with Gasteiger partial charge in [0.15, 0.2) is 0 Å². The molecule has 0 bridgehead atoms. The van der Waals surface area contributed by atoms with Crippen LogP contribution in [0.3, 0.4) is 0 Å². The minimum absolute atomic E-state index is 0.107. The molecule has 3 atom stereocenters. The lowest BCUT2D eigenvalue weighted by atomic mass is 9.66. The third-order valence-corrected chi connectivity index (χ3v) is 4.97. The summed E-state index contributed by atoms with van der Waals surface area (Å²) in [6.45, 7) is 1.31. The van der Waals surface area contributed by atoms with Gasteiger partial charge in [0.2, 0.25) is 0 Å². The van der Waals surface area contributed by atoms with Crippen molar-refractivity contribution in [3.05, 3.63) is 29.8 Å². The highest BCUT2D eigenvalue weighted by Crippen LogP contribution is 2.46. The topological polar surface area (TPSA) is 55.5 Å². The van der Waals surface area contributed by atoms with Crippen LogP contribution < -0.4 is 10.5 Å². The van der Waals surface area contributed by atoms with Crippen LogP contribution in [0.5, 0.6) is 5.75 Å². The van der Waals surface area contributed by atoms with E-state index in [0.717, 1.165) is 38.0 Å². The molecule has 3 nitrogen and oxygen atoms in total. The lowest BCUT2D eigenvalue weighted by molar-refractivity contribution is -0.0172. The van der Waals surface area contributed by atoms with Crippen molar-refractivity contribution >= 4 is 0 Å². The maximum atomic E-state index is 10.4. The van der Waals surface area contributed by atoms with Gasteiger partial charge in [-0.3, -0.25) is 0 Å². The van der Waals surface area contributed by atoms with E-state index in [1.54, 1.807) is 0 Å². The van der Waals surface area contributed by atoms with Gasteiger partial charge in [-0.1, -0.05) is 31.0 Å². The lowest BCUT2D eigenvalue weighted by Gasteiger charge is -2.42. The number of benzene rings is 1. The number of rotatable bonds is 3. The third-order valence-electron chi connectivity index (χ3n) is 4.97. The smallest absolute Gasteiger partial charge is 0.122 e. The zero-order valence-corrected chi connectivity index (χ0v) is 11.3. The Morgan fingerprint density at radius 3 is 2.95 bits per heavy atom. The van der Waals surface area contributed by atoms with Crippen molar-refractivity contribution in [3.63, 3.8) is 0 Å². The van der Waals surface area contributed by atoms with Crippen LogP contribution in [0.15, 0.2) is 24.3 Å². The van der Waals surface area contributed by atoms with Gasteiger partial charge in [0.05, 0.1) is 12.7 Å². The van der Waals surface area contributed by atoms with Crippen molar-refractivity contribution in [3.8, 4) is 5.75 Å². The largest absolute Gasteiger partial charge is 0.493 e. The summed E-state index contributed by atoms with van der Waals surface area (Å²) in [6, 6.07) is 8.25. The Labute approximate surface area is 114 Å². The van der Waals surface area contributed by atoms with Crippen molar-refractivity contribution in [1.82, 2.24) is 0 Å². The number of ether oxygens (including phenoxy) is 1. The number of para-hydroxylation sites is 1. The van der Waals surface area contributed by atoms with E-state index >= 15 is 0 Å². The van der Waals surface area contributed by atoms with Crippen LogP contribution in [-0.4, -0.2) is 24.4 Å². The van der Waals surface area contributed by atoms with Gasteiger partial charge in [0.25, 0.3) is 0 Å². The summed E-state index contributed by atoms with van der Waals surface area (Å²) in [6.07, 6.45) is 4.95. The molecule has 1 aromatic carbocycles. The number of hydrogen-bond acceptors (Lipinski definition) is 3. The molecule has 1 saturated carbocycles. The molecule has 0 spiro atoms. The first-order valence-corrected chi connectivity index (χ1v) is 7.35. The fourth-order valence-corrected chi connectivity index (χ4v) is 3.74. The zero-order valence-electron chi connectivity index (χ0n) is 11.3. The van der Waals surface area contributed by atoms with E-state index in [4.69, 9.17) is 10.5 Å². The third kappa shape index (κ3) is 2.26. The number of nitrogens with two attached hydrogens (primary N) is 1. The fraction of sp³-hybridized carbons (Fsp3) is 0.625. The minimum atomic E-state index is -0.251. The summed E-state index contributed by atoms with van der Waals surface area (Å²) in [5.41, 5.74) is 7.20.